The van der Waals surface area contributed by atoms with Crippen molar-refractivity contribution in [3.8, 4) is 28.5 Å². The Morgan fingerprint density at radius 1 is 0.938 bits per heavy atom. The Balaban J connectivity index is 1.92. The Labute approximate surface area is 192 Å². The highest BCUT2D eigenvalue weighted by atomic mass is 32.1. The molecule has 6 nitrogen and oxygen atoms in total. The monoisotopic (exact) mass is 451 g/mol. The summed E-state index contributed by atoms with van der Waals surface area (Å²) in [5.41, 5.74) is 8.21. The molecule has 0 aliphatic heterocycles. The standard InChI is InChI=1S/C25H29N3O3S/c1-15-10-16(2)18-8-7-9-20(19(18)11-15)27-28-21(14-32-25(28)26-3)17-12-22(29-4)24(31-6)23(13-17)30-5/h10-14H,7-9H2,1-6H3. The van der Waals surface area contributed by atoms with E-state index >= 15 is 0 Å². The summed E-state index contributed by atoms with van der Waals surface area (Å²) in [7, 11) is 6.65. The lowest BCUT2D eigenvalue weighted by atomic mass is 9.86. The highest BCUT2D eigenvalue weighted by Crippen LogP contribution is 2.41. The van der Waals surface area contributed by atoms with Gasteiger partial charge in [0.05, 0.1) is 32.7 Å². The summed E-state index contributed by atoms with van der Waals surface area (Å²) in [6.07, 6.45) is 3.13. The Bertz CT molecular complexity index is 1230. The molecule has 4 rings (SSSR count). The number of fused-ring (bicyclic) bond motifs is 1. The molecule has 0 radical (unpaired) electrons. The van der Waals surface area contributed by atoms with Gasteiger partial charge in [0, 0.05) is 23.6 Å². The minimum absolute atomic E-state index is 0.569. The van der Waals surface area contributed by atoms with Crippen LogP contribution in [0.3, 0.4) is 0 Å². The van der Waals surface area contributed by atoms with Crippen LogP contribution in [0.1, 0.15) is 35.1 Å². The summed E-state index contributed by atoms with van der Waals surface area (Å²) < 4.78 is 18.6. The van der Waals surface area contributed by atoms with E-state index in [9.17, 15) is 0 Å². The fraction of sp³-hybridized carbons (Fsp3) is 0.360. The second-order valence-corrected chi connectivity index (χ2v) is 8.70. The van der Waals surface area contributed by atoms with Crippen LogP contribution in [0.5, 0.6) is 17.2 Å². The maximum atomic E-state index is 5.57. The highest BCUT2D eigenvalue weighted by Gasteiger charge is 2.20. The Hall–Kier alpha value is -3.06. The van der Waals surface area contributed by atoms with Gasteiger partial charge in [-0.3, -0.25) is 4.99 Å². The quantitative estimate of drug-likeness (QED) is 0.550. The van der Waals surface area contributed by atoms with Gasteiger partial charge in [0.25, 0.3) is 0 Å². The molecule has 168 valence electrons. The van der Waals surface area contributed by atoms with Crippen molar-refractivity contribution in [3.63, 3.8) is 0 Å². The molecule has 0 unspecified atom stereocenters. The summed E-state index contributed by atoms with van der Waals surface area (Å²) in [6.45, 7) is 4.34. The third-order valence-corrected chi connectivity index (χ3v) is 6.73. The molecule has 0 spiro atoms. The SMILES string of the molecule is CN=c1scc(-c2cc(OC)c(OC)c(OC)c2)n1N=C1CCCc2c(C)cc(C)cc21. The predicted octanol–water partition coefficient (Wildman–Crippen LogP) is 4.98. The van der Waals surface area contributed by atoms with Crippen LogP contribution in [-0.4, -0.2) is 38.8 Å². The molecule has 0 bridgehead atoms. The first-order valence-corrected chi connectivity index (χ1v) is 11.5. The molecule has 0 N–H and O–H groups in total. The van der Waals surface area contributed by atoms with Crippen LogP contribution in [0.2, 0.25) is 0 Å². The van der Waals surface area contributed by atoms with Gasteiger partial charge in [0.1, 0.15) is 0 Å². The van der Waals surface area contributed by atoms with Crippen LogP contribution in [0, 0.1) is 13.8 Å². The normalized spacial score (nSPS) is 15.1. The first-order chi connectivity index (χ1) is 15.5. The van der Waals surface area contributed by atoms with E-state index in [1.807, 2.05) is 16.8 Å². The van der Waals surface area contributed by atoms with Gasteiger partial charge in [-0.2, -0.15) is 5.10 Å². The van der Waals surface area contributed by atoms with E-state index < -0.39 is 0 Å². The van der Waals surface area contributed by atoms with Gasteiger partial charge >= 0.3 is 0 Å². The topological polar surface area (TPSA) is 57.3 Å². The maximum Gasteiger partial charge on any atom is 0.205 e. The predicted molar refractivity (Wildman–Crippen MR) is 130 cm³/mol. The lowest BCUT2D eigenvalue weighted by molar-refractivity contribution is 0.324. The first kappa shape index (κ1) is 22.1. The molecule has 1 aromatic heterocycles. The Kier molecular flexibility index (Phi) is 6.37. The number of hydrogen-bond donors (Lipinski definition) is 0. The molecule has 0 saturated carbocycles. The van der Waals surface area contributed by atoms with Crippen molar-refractivity contribution in [1.82, 2.24) is 4.68 Å². The molecular weight excluding hydrogens is 422 g/mol. The zero-order chi connectivity index (χ0) is 22.8. The summed E-state index contributed by atoms with van der Waals surface area (Å²) in [5, 5.41) is 7.21. The maximum absolute atomic E-state index is 5.57. The van der Waals surface area contributed by atoms with Crippen LogP contribution in [0.15, 0.2) is 39.7 Å². The third-order valence-electron chi connectivity index (χ3n) is 5.83. The second-order valence-electron chi connectivity index (χ2n) is 7.86. The largest absolute Gasteiger partial charge is 0.493 e. The molecule has 1 aliphatic carbocycles. The smallest absolute Gasteiger partial charge is 0.205 e. The van der Waals surface area contributed by atoms with Crippen LogP contribution in [0.4, 0.5) is 0 Å². The molecule has 0 saturated heterocycles. The minimum Gasteiger partial charge on any atom is -0.493 e. The van der Waals surface area contributed by atoms with Gasteiger partial charge < -0.3 is 14.2 Å². The highest BCUT2D eigenvalue weighted by molar-refractivity contribution is 7.07. The molecule has 2 aromatic carbocycles. The van der Waals surface area contributed by atoms with Gasteiger partial charge in [-0.1, -0.05) is 11.6 Å². The van der Waals surface area contributed by atoms with Crippen LogP contribution < -0.4 is 19.0 Å². The van der Waals surface area contributed by atoms with E-state index in [2.05, 4.69) is 36.4 Å². The number of nitrogens with zero attached hydrogens (tertiary/aromatic N) is 3. The fourth-order valence-electron chi connectivity index (χ4n) is 4.35. The van der Waals surface area contributed by atoms with E-state index in [4.69, 9.17) is 19.3 Å². The molecule has 32 heavy (non-hydrogen) atoms. The van der Waals surface area contributed by atoms with E-state index in [1.54, 1.807) is 39.7 Å². The average molecular weight is 452 g/mol. The number of methoxy groups -OCH3 is 3. The van der Waals surface area contributed by atoms with Gasteiger partial charge in [-0.25, -0.2) is 4.68 Å². The van der Waals surface area contributed by atoms with Crippen LogP contribution in [-0.2, 0) is 6.42 Å². The van der Waals surface area contributed by atoms with E-state index in [-0.39, 0.29) is 0 Å². The van der Waals surface area contributed by atoms with Crippen molar-refractivity contribution in [2.24, 2.45) is 10.1 Å². The van der Waals surface area contributed by atoms with Crippen molar-refractivity contribution in [3.05, 3.63) is 56.7 Å². The summed E-state index contributed by atoms with van der Waals surface area (Å²) in [6, 6.07) is 8.41. The minimum atomic E-state index is 0.569. The number of aromatic nitrogens is 1. The van der Waals surface area contributed by atoms with Crippen LogP contribution in [0.25, 0.3) is 11.3 Å². The number of aryl methyl sites for hydroxylation is 2. The van der Waals surface area contributed by atoms with E-state index in [0.29, 0.717) is 17.2 Å². The molecular formula is C25H29N3O3S. The first-order valence-electron chi connectivity index (χ1n) is 10.6. The number of thiazole rings is 1. The molecule has 1 aliphatic rings. The van der Waals surface area contributed by atoms with Gasteiger partial charge in [-0.15, -0.1) is 11.3 Å². The molecule has 3 aromatic rings. The van der Waals surface area contributed by atoms with Gasteiger partial charge in [0.15, 0.2) is 11.5 Å². The average Bonchev–Trinajstić information content (AvgIpc) is 3.21. The van der Waals surface area contributed by atoms with Crippen molar-refractivity contribution >= 4 is 17.0 Å². The molecule has 0 amide bonds. The number of rotatable bonds is 5. The molecule has 7 heteroatoms. The second kappa shape index (κ2) is 9.20. The summed E-state index contributed by atoms with van der Waals surface area (Å²) >= 11 is 1.56. The number of benzene rings is 2. The lowest BCUT2D eigenvalue weighted by Gasteiger charge is -2.21. The Morgan fingerprint density at radius 3 is 2.28 bits per heavy atom. The summed E-state index contributed by atoms with van der Waals surface area (Å²) in [5.74, 6) is 1.78. The van der Waals surface area contributed by atoms with Gasteiger partial charge in [-0.05, 0) is 62.4 Å². The fourth-order valence-corrected chi connectivity index (χ4v) is 5.15. The zero-order valence-electron chi connectivity index (χ0n) is 19.5. The van der Waals surface area contributed by atoms with Crippen molar-refractivity contribution in [2.45, 2.75) is 33.1 Å². The number of hydrogen-bond acceptors (Lipinski definition) is 6. The third kappa shape index (κ3) is 3.93. The van der Waals surface area contributed by atoms with Crippen molar-refractivity contribution < 1.29 is 14.2 Å². The van der Waals surface area contributed by atoms with E-state index in [0.717, 1.165) is 41.0 Å². The van der Waals surface area contributed by atoms with Crippen molar-refractivity contribution in [2.75, 3.05) is 28.4 Å². The van der Waals surface area contributed by atoms with Crippen molar-refractivity contribution in [1.29, 1.82) is 0 Å². The Morgan fingerprint density at radius 2 is 1.66 bits per heavy atom. The zero-order valence-corrected chi connectivity index (χ0v) is 20.3. The summed E-state index contributed by atoms with van der Waals surface area (Å²) in [4.78, 5) is 5.31. The van der Waals surface area contributed by atoms with Gasteiger partial charge in [0.2, 0.25) is 10.6 Å². The molecule has 1 heterocycles. The van der Waals surface area contributed by atoms with E-state index in [1.165, 1.54) is 22.3 Å². The number of ether oxygens (including phenoxy) is 3. The van der Waals surface area contributed by atoms with Crippen LogP contribution >= 0.6 is 11.3 Å². The molecule has 0 atom stereocenters. The molecule has 0 fully saturated rings. The lowest BCUT2D eigenvalue weighted by Crippen LogP contribution is -2.19.